The van der Waals surface area contributed by atoms with Crippen LogP contribution in [0.5, 0.6) is 0 Å². The number of hydrogen-bond acceptors (Lipinski definition) is 5. The number of urea groups is 1. The summed E-state index contributed by atoms with van der Waals surface area (Å²) in [7, 11) is 0. The van der Waals surface area contributed by atoms with E-state index in [2.05, 4.69) is 21.5 Å². The second-order valence-electron chi connectivity index (χ2n) is 7.18. The van der Waals surface area contributed by atoms with Crippen molar-refractivity contribution in [3.63, 3.8) is 0 Å². The summed E-state index contributed by atoms with van der Waals surface area (Å²) in [6.07, 6.45) is 1.69. The van der Waals surface area contributed by atoms with Crippen molar-refractivity contribution in [2.75, 3.05) is 36.4 Å². The summed E-state index contributed by atoms with van der Waals surface area (Å²) in [6, 6.07) is 15.4. The Labute approximate surface area is 175 Å². The monoisotopic (exact) mass is 401 g/mol. The molecule has 2 amide bonds. The number of nitriles is 1. The van der Waals surface area contributed by atoms with Gasteiger partial charge < -0.3 is 15.1 Å². The van der Waals surface area contributed by atoms with Crippen molar-refractivity contribution in [3.05, 3.63) is 65.6 Å². The first-order valence-corrected chi connectivity index (χ1v) is 9.86. The van der Waals surface area contributed by atoms with E-state index in [1.54, 1.807) is 23.2 Å². The highest BCUT2D eigenvalue weighted by molar-refractivity contribution is 5.91. The van der Waals surface area contributed by atoms with E-state index < -0.39 is 0 Å². The maximum absolute atomic E-state index is 12.9. The first-order chi connectivity index (χ1) is 14.6. The first kappa shape index (κ1) is 19.5. The second kappa shape index (κ2) is 8.25. The number of aromatic nitrogens is 3. The molecule has 8 nitrogen and oxygen atoms in total. The number of para-hydroxylation sites is 1. The Morgan fingerprint density at radius 3 is 2.50 bits per heavy atom. The summed E-state index contributed by atoms with van der Waals surface area (Å²) in [5.74, 6) is 0.677. The lowest BCUT2D eigenvalue weighted by molar-refractivity contribution is 0.208. The zero-order valence-electron chi connectivity index (χ0n) is 17.0. The van der Waals surface area contributed by atoms with Gasteiger partial charge in [-0.15, -0.1) is 0 Å². The molecule has 1 saturated heterocycles. The zero-order valence-corrected chi connectivity index (χ0v) is 17.0. The number of rotatable bonds is 3. The molecule has 1 aromatic carbocycles. The van der Waals surface area contributed by atoms with Crippen molar-refractivity contribution in [3.8, 4) is 11.8 Å². The fourth-order valence-corrected chi connectivity index (χ4v) is 3.69. The lowest BCUT2D eigenvalue weighted by atomic mass is 10.2. The van der Waals surface area contributed by atoms with Gasteiger partial charge >= 0.3 is 6.03 Å². The molecule has 4 rings (SSSR count). The molecule has 0 saturated carbocycles. The van der Waals surface area contributed by atoms with Crippen LogP contribution in [0.25, 0.3) is 5.69 Å². The van der Waals surface area contributed by atoms with Crippen LogP contribution in [0.4, 0.5) is 16.3 Å². The molecule has 0 spiro atoms. The molecule has 1 N–H and O–H groups in total. The maximum atomic E-state index is 12.9. The number of amides is 2. The minimum atomic E-state index is -0.144. The van der Waals surface area contributed by atoms with E-state index in [9.17, 15) is 10.1 Å². The van der Waals surface area contributed by atoms with Crippen LogP contribution in [0, 0.1) is 25.2 Å². The fourth-order valence-electron chi connectivity index (χ4n) is 3.69. The highest BCUT2D eigenvalue weighted by atomic mass is 16.2. The van der Waals surface area contributed by atoms with E-state index in [1.807, 2.05) is 53.8 Å². The Hall–Kier alpha value is -3.86. The molecule has 0 bridgehead atoms. The molecular formula is C22H23N7O. The van der Waals surface area contributed by atoms with Crippen LogP contribution >= 0.6 is 0 Å². The third-order valence-corrected chi connectivity index (χ3v) is 5.30. The number of nitrogens with zero attached hydrogens (tertiary/aromatic N) is 6. The summed E-state index contributed by atoms with van der Waals surface area (Å²) in [5.41, 5.74) is 3.90. The van der Waals surface area contributed by atoms with Crippen molar-refractivity contribution in [2.45, 2.75) is 13.8 Å². The minimum absolute atomic E-state index is 0.144. The molecule has 3 heterocycles. The summed E-state index contributed by atoms with van der Waals surface area (Å²) < 4.78 is 1.84. The number of hydrogen-bond donors (Lipinski definition) is 1. The minimum Gasteiger partial charge on any atom is -0.352 e. The van der Waals surface area contributed by atoms with E-state index >= 15 is 0 Å². The van der Waals surface area contributed by atoms with Crippen molar-refractivity contribution in [2.24, 2.45) is 0 Å². The quantitative estimate of drug-likeness (QED) is 0.728. The third-order valence-electron chi connectivity index (χ3n) is 5.30. The van der Waals surface area contributed by atoms with E-state index in [0.29, 0.717) is 37.6 Å². The summed E-state index contributed by atoms with van der Waals surface area (Å²) in [6.45, 7) is 6.20. The third kappa shape index (κ3) is 3.70. The Kier molecular flexibility index (Phi) is 5.35. The topological polar surface area (TPSA) is 90.1 Å². The standard InChI is InChI=1S/C22H23N7O/c1-16-20(17(2)29(26-16)19-8-4-3-5-9-19)25-22(30)28-13-11-27(12-14-28)21-18(15-23)7-6-10-24-21/h3-10H,11-14H2,1-2H3,(H,25,30). The van der Waals surface area contributed by atoms with Crippen LogP contribution in [0.3, 0.4) is 0 Å². The normalized spacial score (nSPS) is 13.8. The van der Waals surface area contributed by atoms with E-state index in [-0.39, 0.29) is 6.03 Å². The zero-order chi connectivity index (χ0) is 21.1. The molecule has 0 atom stereocenters. The molecule has 152 valence electrons. The van der Waals surface area contributed by atoms with Gasteiger partial charge in [0.05, 0.1) is 28.3 Å². The van der Waals surface area contributed by atoms with Crippen molar-refractivity contribution in [1.82, 2.24) is 19.7 Å². The highest BCUT2D eigenvalue weighted by Gasteiger charge is 2.25. The number of carbonyl (C=O) groups is 1. The molecule has 0 unspecified atom stereocenters. The lowest BCUT2D eigenvalue weighted by Gasteiger charge is -2.35. The van der Waals surface area contributed by atoms with Gasteiger partial charge in [-0.1, -0.05) is 18.2 Å². The van der Waals surface area contributed by atoms with E-state index in [0.717, 1.165) is 22.8 Å². The predicted molar refractivity (Wildman–Crippen MR) is 115 cm³/mol. The molecule has 1 aliphatic heterocycles. The SMILES string of the molecule is Cc1nn(-c2ccccc2)c(C)c1NC(=O)N1CCN(c2ncccc2C#N)CC1. The number of carbonyl (C=O) groups excluding carboxylic acids is 1. The molecule has 8 heteroatoms. The smallest absolute Gasteiger partial charge is 0.322 e. The van der Waals surface area contributed by atoms with Crippen LogP contribution in [-0.4, -0.2) is 51.9 Å². The van der Waals surface area contributed by atoms with Crippen molar-refractivity contribution >= 4 is 17.5 Å². The average Bonchev–Trinajstić information content (AvgIpc) is 3.08. The molecule has 2 aromatic heterocycles. The van der Waals surface area contributed by atoms with Crippen LogP contribution in [0.1, 0.15) is 17.0 Å². The molecule has 30 heavy (non-hydrogen) atoms. The Morgan fingerprint density at radius 1 is 1.07 bits per heavy atom. The predicted octanol–water partition coefficient (Wildman–Crippen LogP) is 3.11. The van der Waals surface area contributed by atoms with Crippen LogP contribution in [0.2, 0.25) is 0 Å². The van der Waals surface area contributed by atoms with Crippen LogP contribution in [0.15, 0.2) is 48.7 Å². The van der Waals surface area contributed by atoms with Crippen LogP contribution < -0.4 is 10.2 Å². The van der Waals surface area contributed by atoms with Crippen LogP contribution in [-0.2, 0) is 0 Å². The largest absolute Gasteiger partial charge is 0.352 e. The van der Waals surface area contributed by atoms with E-state index in [1.165, 1.54) is 0 Å². The molecule has 0 aliphatic carbocycles. The number of piperazine rings is 1. The Balaban J connectivity index is 1.44. The molecular weight excluding hydrogens is 378 g/mol. The Bertz CT molecular complexity index is 1090. The van der Waals surface area contributed by atoms with Gasteiger partial charge in [0.15, 0.2) is 0 Å². The van der Waals surface area contributed by atoms with Gasteiger partial charge in [-0.3, -0.25) is 0 Å². The molecule has 1 aliphatic rings. The van der Waals surface area contributed by atoms with Crippen molar-refractivity contribution in [1.29, 1.82) is 5.26 Å². The number of benzene rings is 1. The van der Waals surface area contributed by atoms with Gasteiger partial charge in [-0.05, 0) is 38.1 Å². The maximum Gasteiger partial charge on any atom is 0.322 e. The molecule has 3 aromatic rings. The average molecular weight is 401 g/mol. The van der Waals surface area contributed by atoms with E-state index in [4.69, 9.17) is 0 Å². The van der Waals surface area contributed by atoms with Gasteiger partial charge in [0, 0.05) is 32.4 Å². The van der Waals surface area contributed by atoms with Gasteiger partial charge in [-0.2, -0.15) is 10.4 Å². The van der Waals surface area contributed by atoms with Gasteiger partial charge in [0.2, 0.25) is 0 Å². The fraction of sp³-hybridized carbons (Fsp3) is 0.273. The van der Waals surface area contributed by atoms with Gasteiger partial charge in [-0.25, -0.2) is 14.5 Å². The molecule has 0 radical (unpaired) electrons. The second-order valence-corrected chi connectivity index (χ2v) is 7.18. The number of aryl methyl sites for hydroxylation is 1. The summed E-state index contributed by atoms with van der Waals surface area (Å²) in [4.78, 5) is 21.0. The number of pyridine rings is 1. The van der Waals surface area contributed by atoms with Gasteiger partial charge in [0.1, 0.15) is 11.9 Å². The lowest BCUT2D eigenvalue weighted by Crippen LogP contribution is -2.50. The highest BCUT2D eigenvalue weighted by Crippen LogP contribution is 2.24. The number of nitrogens with one attached hydrogen (secondary N) is 1. The van der Waals surface area contributed by atoms with Crippen molar-refractivity contribution < 1.29 is 4.79 Å². The molecule has 1 fully saturated rings. The van der Waals surface area contributed by atoms with Gasteiger partial charge in [0.25, 0.3) is 0 Å². The summed E-state index contributed by atoms with van der Waals surface area (Å²) >= 11 is 0. The number of anilines is 2. The Morgan fingerprint density at radius 2 is 1.80 bits per heavy atom. The first-order valence-electron chi connectivity index (χ1n) is 9.86. The summed E-state index contributed by atoms with van der Waals surface area (Å²) in [5, 5.41) is 16.9.